The van der Waals surface area contributed by atoms with Gasteiger partial charge in [0.1, 0.15) is 0 Å². The zero-order chi connectivity index (χ0) is 41.7. The van der Waals surface area contributed by atoms with Gasteiger partial charge in [-0.3, -0.25) is 9.97 Å². The van der Waals surface area contributed by atoms with E-state index >= 15 is 0 Å². The molecule has 0 N–H and O–H groups in total. The van der Waals surface area contributed by atoms with Gasteiger partial charge in [-0.05, 0) is 87.8 Å². The van der Waals surface area contributed by atoms with Gasteiger partial charge in [-0.1, -0.05) is 152 Å². The molecule has 0 radical (unpaired) electrons. The molecule has 0 spiro atoms. The molecule has 0 saturated heterocycles. The zero-order valence-electron chi connectivity index (χ0n) is 34.1. The number of pyridine rings is 4. The fraction of sp³-hybridized carbons (Fsp3) is 0. The van der Waals surface area contributed by atoms with Gasteiger partial charge in [0.05, 0.1) is 39.3 Å². The molecule has 0 amide bonds. The third kappa shape index (κ3) is 6.42. The minimum atomic E-state index is 0.798. The van der Waals surface area contributed by atoms with Crippen molar-refractivity contribution in [2.45, 2.75) is 0 Å². The lowest BCUT2D eigenvalue weighted by Crippen LogP contribution is -1.97. The molecular weight excluding hydrogens is 767 g/mol. The fourth-order valence-electron chi connectivity index (χ4n) is 9.09. The maximum atomic E-state index is 5.52. The first kappa shape index (κ1) is 36.3. The number of fused-ring (bicyclic) bond motifs is 7. The summed E-state index contributed by atoms with van der Waals surface area (Å²) in [5.41, 5.74) is 16.3. The van der Waals surface area contributed by atoms with Gasteiger partial charge in [0.25, 0.3) is 0 Å². The summed E-state index contributed by atoms with van der Waals surface area (Å²) < 4.78 is 2.41. The SMILES string of the molecule is c1ccc(-c2ccc(-c3cc(-c4cccc(-c5nc6ccccc6c6ccc7c8ccccc8n(-c8ccccc8)c7c56)c4)cc(-c4ccc(-c5cccnc5)cc4)n3)nc2)cc1. The molecule has 294 valence electrons. The van der Waals surface area contributed by atoms with Crippen molar-refractivity contribution in [2.24, 2.45) is 0 Å². The van der Waals surface area contributed by atoms with Crippen LogP contribution in [0.4, 0.5) is 0 Å². The van der Waals surface area contributed by atoms with Crippen LogP contribution in [0.5, 0.6) is 0 Å². The molecule has 0 aliphatic heterocycles. The average molecular weight is 804 g/mol. The molecule has 0 atom stereocenters. The van der Waals surface area contributed by atoms with E-state index in [1.165, 1.54) is 16.2 Å². The minimum absolute atomic E-state index is 0.798. The van der Waals surface area contributed by atoms with Crippen LogP contribution in [-0.4, -0.2) is 24.5 Å². The van der Waals surface area contributed by atoms with Crippen LogP contribution in [0.15, 0.2) is 225 Å². The Hall–Kier alpha value is -8.54. The monoisotopic (exact) mass is 803 g/mol. The second-order valence-electron chi connectivity index (χ2n) is 15.9. The lowest BCUT2D eigenvalue weighted by molar-refractivity contribution is 1.19. The molecular formula is C58H37N5. The quantitative estimate of drug-likeness (QED) is 0.151. The summed E-state index contributed by atoms with van der Waals surface area (Å²) in [4.78, 5) is 20.1. The molecule has 12 rings (SSSR count). The molecule has 5 nitrogen and oxygen atoms in total. The van der Waals surface area contributed by atoms with Crippen molar-refractivity contribution in [2.75, 3.05) is 0 Å². The van der Waals surface area contributed by atoms with E-state index < -0.39 is 0 Å². The van der Waals surface area contributed by atoms with Crippen molar-refractivity contribution >= 4 is 43.5 Å². The normalized spacial score (nSPS) is 11.5. The number of benzene rings is 7. The first-order valence-electron chi connectivity index (χ1n) is 21.2. The molecule has 12 aromatic rings. The van der Waals surface area contributed by atoms with E-state index in [0.29, 0.717) is 0 Å². The van der Waals surface area contributed by atoms with Crippen LogP contribution in [0.1, 0.15) is 0 Å². The van der Waals surface area contributed by atoms with Gasteiger partial charge in [0.2, 0.25) is 0 Å². The Morgan fingerprint density at radius 3 is 1.81 bits per heavy atom. The summed E-state index contributed by atoms with van der Waals surface area (Å²) in [6.45, 7) is 0. The van der Waals surface area contributed by atoms with Gasteiger partial charge >= 0.3 is 0 Å². The first-order chi connectivity index (χ1) is 31.2. The van der Waals surface area contributed by atoms with E-state index in [9.17, 15) is 0 Å². The highest BCUT2D eigenvalue weighted by atomic mass is 15.0. The highest BCUT2D eigenvalue weighted by Crippen LogP contribution is 2.43. The second kappa shape index (κ2) is 15.2. The van der Waals surface area contributed by atoms with Crippen molar-refractivity contribution in [1.29, 1.82) is 0 Å². The van der Waals surface area contributed by atoms with Crippen molar-refractivity contribution in [3.63, 3.8) is 0 Å². The topological polar surface area (TPSA) is 56.5 Å². The van der Waals surface area contributed by atoms with Gasteiger partial charge in [0, 0.05) is 62.5 Å². The van der Waals surface area contributed by atoms with Gasteiger partial charge < -0.3 is 4.57 Å². The number of rotatable bonds is 7. The molecule has 63 heavy (non-hydrogen) atoms. The standard InChI is InChI=1S/C58H37N5/c1-3-13-38(14-4-1)44-28-31-52(60-37-44)54-35-45(34-53(61-54)40-26-24-39(25-27-40)43-17-12-32-59-36-43)41-15-11-16-42(33-41)57-56-49(47-20-7-9-22-51(47)62-57)29-30-50-48-21-8-10-23-55(48)63(58(50)56)46-18-5-2-6-19-46/h1-37H. The highest BCUT2D eigenvalue weighted by molar-refractivity contribution is 6.25. The third-order valence-corrected chi connectivity index (χ3v) is 12.1. The molecule has 0 aliphatic rings. The lowest BCUT2D eigenvalue weighted by Gasteiger charge is -2.15. The predicted molar refractivity (Wildman–Crippen MR) is 260 cm³/mol. The largest absolute Gasteiger partial charge is 0.309 e. The molecule has 0 bridgehead atoms. The molecule has 5 heteroatoms. The summed E-state index contributed by atoms with van der Waals surface area (Å²) in [6.07, 6.45) is 5.63. The molecule has 0 aliphatic carbocycles. The van der Waals surface area contributed by atoms with E-state index in [0.717, 1.165) is 100 Å². The first-order valence-corrected chi connectivity index (χ1v) is 21.2. The summed E-state index contributed by atoms with van der Waals surface area (Å²) in [5.74, 6) is 0. The third-order valence-electron chi connectivity index (χ3n) is 12.1. The second-order valence-corrected chi connectivity index (χ2v) is 15.9. The van der Waals surface area contributed by atoms with Crippen LogP contribution in [-0.2, 0) is 0 Å². The number of aromatic nitrogens is 5. The Bertz CT molecular complexity index is 3540. The summed E-state index contributed by atoms with van der Waals surface area (Å²) in [6, 6.07) is 72.8. The zero-order valence-corrected chi connectivity index (χ0v) is 34.1. The van der Waals surface area contributed by atoms with Gasteiger partial charge in [-0.25, -0.2) is 9.97 Å². The van der Waals surface area contributed by atoms with Crippen LogP contribution >= 0.6 is 0 Å². The van der Waals surface area contributed by atoms with Crippen LogP contribution in [0.25, 0.3) is 116 Å². The van der Waals surface area contributed by atoms with Crippen LogP contribution in [0.2, 0.25) is 0 Å². The lowest BCUT2D eigenvalue weighted by atomic mass is 9.94. The predicted octanol–water partition coefficient (Wildman–Crippen LogP) is 14.7. The van der Waals surface area contributed by atoms with Crippen molar-refractivity contribution in [1.82, 2.24) is 24.5 Å². The maximum absolute atomic E-state index is 5.52. The Morgan fingerprint density at radius 2 is 1.00 bits per heavy atom. The average Bonchev–Trinajstić information content (AvgIpc) is 3.71. The number of hydrogen-bond acceptors (Lipinski definition) is 4. The molecule has 0 unspecified atom stereocenters. The highest BCUT2D eigenvalue weighted by Gasteiger charge is 2.21. The maximum Gasteiger partial charge on any atom is 0.0899 e. The van der Waals surface area contributed by atoms with Crippen LogP contribution in [0.3, 0.4) is 0 Å². The number of nitrogens with zero attached hydrogens (tertiary/aromatic N) is 5. The molecule has 5 aromatic heterocycles. The van der Waals surface area contributed by atoms with E-state index in [4.69, 9.17) is 15.0 Å². The summed E-state index contributed by atoms with van der Waals surface area (Å²) in [7, 11) is 0. The molecule has 7 aromatic carbocycles. The number of para-hydroxylation sites is 3. The van der Waals surface area contributed by atoms with E-state index in [1.54, 1.807) is 6.20 Å². The van der Waals surface area contributed by atoms with Gasteiger partial charge in [-0.2, -0.15) is 0 Å². The Balaban J connectivity index is 1.06. The van der Waals surface area contributed by atoms with Crippen LogP contribution < -0.4 is 0 Å². The van der Waals surface area contributed by atoms with E-state index in [2.05, 4.69) is 204 Å². The summed E-state index contributed by atoms with van der Waals surface area (Å²) in [5, 5.41) is 5.82. The molecule has 0 saturated carbocycles. The Labute approximate surface area is 364 Å². The van der Waals surface area contributed by atoms with Gasteiger partial charge in [0.15, 0.2) is 0 Å². The van der Waals surface area contributed by atoms with Gasteiger partial charge in [-0.15, -0.1) is 0 Å². The number of hydrogen-bond donors (Lipinski definition) is 0. The van der Waals surface area contributed by atoms with E-state index in [1.807, 2.05) is 24.5 Å². The van der Waals surface area contributed by atoms with E-state index in [-0.39, 0.29) is 0 Å². The Morgan fingerprint density at radius 1 is 0.349 bits per heavy atom. The molecule has 0 fully saturated rings. The van der Waals surface area contributed by atoms with Crippen molar-refractivity contribution in [3.05, 3.63) is 225 Å². The van der Waals surface area contributed by atoms with Crippen molar-refractivity contribution in [3.8, 4) is 73.0 Å². The smallest absolute Gasteiger partial charge is 0.0899 e. The molecule has 5 heterocycles. The van der Waals surface area contributed by atoms with Crippen LogP contribution in [0, 0.1) is 0 Å². The Kier molecular flexibility index (Phi) is 8.75. The van der Waals surface area contributed by atoms with Crippen molar-refractivity contribution < 1.29 is 0 Å². The summed E-state index contributed by atoms with van der Waals surface area (Å²) >= 11 is 0. The minimum Gasteiger partial charge on any atom is -0.309 e. The fourth-order valence-corrected chi connectivity index (χ4v) is 9.09.